The van der Waals surface area contributed by atoms with E-state index >= 15 is 0 Å². The lowest BCUT2D eigenvalue weighted by Crippen LogP contribution is -1.97. The molecule has 0 saturated carbocycles. The molecule has 0 radical (unpaired) electrons. The van der Waals surface area contributed by atoms with Crippen molar-refractivity contribution in [2.24, 2.45) is 15.4 Å². The molecule has 1 heterocycles. The van der Waals surface area contributed by atoms with Gasteiger partial charge in [0, 0.05) is 0 Å². The maximum absolute atomic E-state index is 3.76. The summed E-state index contributed by atoms with van der Waals surface area (Å²) in [7, 11) is 0. The second-order valence-electron chi connectivity index (χ2n) is 1.45. The van der Waals surface area contributed by atoms with E-state index in [-0.39, 0.29) is 6.04 Å². The Bertz CT molecular complexity index is 94.9. The van der Waals surface area contributed by atoms with Crippen molar-refractivity contribution in [2.45, 2.75) is 33.2 Å². The molecule has 0 aliphatic carbocycles. The Balaban J connectivity index is 0.000000291. The predicted octanol–water partition coefficient (Wildman–Crippen LogP) is 2.24. The highest BCUT2D eigenvalue weighted by atomic mass is 15.4. The molecule has 9 heavy (non-hydrogen) atoms. The Labute approximate surface area is 55.9 Å². The van der Waals surface area contributed by atoms with Crippen molar-refractivity contribution < 1.29 is 0 Å². The van der Waals surface area contributed by atoms with Crippen LogP contribution in [0.4, 0.5) is 0 Å². The van der Waals surface area contributed by atoms with Crippen LogP contribution in [0.5, 0.6) is 0 Å². The summed E-state index contributed by atoms with van der Waals surface area (Å²) in [6.07, 6.45) is 2.76. The van der Waals surface area contributed by atoms with E-state index in [1.807, 2.05) is 13.8 Å². The zero-order chi connectivity index (χ0) is 7.11. The third-order valence-corrected chi connectivity index (χ3v) is 0.909. The highest BCUT2D eigenvalue weighted by Gasteiger charge is 2.01. The zero-order valence-electron chi connectivity index (χ0n) is 6.20. The Kier molecular flexibility index (Phi) is 4.97. The number of rotatable bonds is 1. The lowest BCUT2D eigenvalue weighted by molar-refractivity contribution is 0.803. The predicted molar refractivity (Wildman–Crippen MR) is 38.8 cm³/mol. The van der Waals surface area contributed by atoms with E-state index in [1.54, 1.807) is 6.21 Å². The fourth-order valence-electron chi connectivity index (χ4n) is 0.420. The van der Waals surface area contributed by atoms with Crippen LogP contribution in [0.15, 0.2) is 15.4 Å². The fourth-order valence-corrected chi connectivity index (χ4v) is 0.420. The van der Waals surface area contributed by atoms with Gasteiger partial charge >= 0.3 is 0 Å². The van der Waals surface area contributed by atoms with Crippen molar-refractivity contribution in [3.63, 3.8) is 0 Å². The first-order chi connectivity index (χ1) is 4.43. The number of hydrogen-bond acceptors (Lipinski definition) is 3. The van der Waals surface area contributed by atoms with Crippen LogP contribution in [-0.4, -0.2) is 12.3 Å². The van der Waals surface area contributed by atoms with Crippen LogP contribution >= 0.6 is 0 Å². The molecule has 0 fully saturated rings. The summed E-state index contributed by atoms with van der Waals surface area (Å²) in [5, 5.41) is 10.8. The third kappa shape index (κ3) is 2.95. The van der Waals surface area contributed by atoms with Crippen molar-refractivity contribution in [2.75, 3.05) is 0 Å². The average molecular weight is 127 g/mol. The monoisotopic (exact) mass is 127 g/mol. The molecule has 1 unspecified atom stereocenters. The van der Waals surface area contributed by atoms with E-state index in [9.17, 15) is 0 Å². The van der Waals surface area contributed by atoms with Gasteiger partial charge < -0.3 is 0 Å². The molecule has 3 nitrogen and oxygen atoms in total. The van der Waals surface area contributed by atoms with Gasteiger partial charge in [-0.15, -0.1) is 5.10 Å². The molecule has 0 spiro atoms. The average Bonchev–Trinajstić information content (AvgIpc) is 2.43. The van der Waals surface area contributed by atoms with Crippen molar-refractivity contribution in [3.05, 3.63) is 0 Å². The second kappa shape index (κ2) is 5.41. The van der Waals surface area contributed by atoms with Gasteiger partial charge in [0.05, 0.1) is 6.21 Å². The molecule has 0 saturated heterocycles. The minimum Gasteiger partial charge on any atom is -0.160 e. The molecule has 1 atom stereocenters. The second-order valence-corrected chi connectivity index (χ2v) is 1.45. The normalized spacial score (nSPS) is 21.4. The third-order valence-electron chi connectivity index (χ3n) is 0.909. The van der Waals surface area contributed by atoms with Crippen molar-refractivity contribution >= 4 is 6.21 Å². The first-order valence-corrected chi connectivity index (χ1v) is 3.37. The summed E-state index contributed by atoms with van der Waals surface area (Å²) in [5.41, 5.74) is 0. The molecule has 0 bridgehead atoms. The standard InChI is InChI=1S/C4H7N3.C2H6/c1-2-4-3-5-7-6-4;1-2/h3-4H,2H2,1H3;1-2H3. The van der Waals surface area contributed by atoms with Crippen LogP contribution in [0.3, 0.4) is 0 Å². The first kappa shape index (κ1) is 8.27. The van der Waals surface area contributed by atoms with Crippen LogP contribution in [0.1, 0.15) is 27.2 Å². The SMILES string of the molecule is CC.CCC1C=NN=N1. The largest absolute Gasteiger partial charge is 0.160 e. The van der Waals surface area contributed by atoms with Gasteiger partial charge in [0.1, 0.15) is 6.04 Å². The van der Waals surface area contributed by atoms with Crippen molar-refractivity contribution in [1.29, 1.82) is 0 Å². The van der Waals surface area contributed by atoms with E-state index in [0.29, 0.717) is 0 Å². The van der Waals surface area contributed by atoms with E-state index in [2.05, 4.69) is 22.4 Å². The molecule has 0 amide bonds. The van der Waals surface area contributed by atoms with E-state index in [0.717, 1.165) is 6.42 Å². The highest BCUT2D eigenvalue weighted by Crippen LogP contribution is 2.00. The van der Waals surface area contributed by atoms with Crippen LogP contribution in [0.2, 0.25) is 0 Å². The smallest absolute Gasteiger partial charge is 0.110 e. The number of nitrogens with zero attached hydrogens (tertiary/aromatic N) is 3. The van der Waals surface area contributed by atoms with Crippen molar-refractivity contribution in [3.8, 4) is 0 Å². The molecule has 0 N–H and O–H groups in total. The molecule has 0 aromatic rings. The van der Waals surface area contributed by atoms with Gasteiger partial charge in [0.25, 0.3) is 0 Å². The maximum atomic E-state index is 3.76. The summed E-state index contributed by atoms with van der Waals surface area (Å²) in [5.74, 6) is 0. The Morgan fingerprint density at radius 1 is 1.44 bits per heavy atom. The summed E-state index contributed by atoms with van der Waals surface area (Å²) in [6.45, 7) is 6.06. The quantitative estimate of drug-likeness (QED) is 0.518. The van der Waals surface area contributed by atoms with E-state index in [4.69, 9.17) is 0 Å². The van der Waals surface area contributed by atoms with Gasteiger partial charge in [0.15, 0.2) is 0 Å². The van der Waals surface area contributed by atoms with Gasteiger partial charge in [0.2, 0.25) is 0 Å². The van der Waals surface area contributed by atoms with Gasteiger partial charge in [-0.05, 0) is 11.6 Å². The topological polar surface area (TPSA) is 37.1 Å². The molecule has 0 aromatic carbocycles. The minimum atomic E-state index is 0.264. The molecular weight excluding hydrogens is 114 g/mol. The molecule has 1 aliphatic heterocycles. The van der Waals surface area contributed by atoms with E-state index < -0.39 is 0 Å². The van der Waals surface area contributed by atoms with Gasteiger partial charge in [-0.2, -0.15) is 5.11 Å². The minimum absolute atomic E-state index is 0.264. The zero-order valence-corrected chi connectivity index (χ0v) is 6.20. The summed E-state index contributed by atoms with van der Waals surface area (Å²) in [6, 6.07) is 0.264. The van der Waals surface area contributed by atoms with Gasteiger partial charge in [-0.1, -0.05) is 20.8 Å². The summed E-state index contributed by atoms with van der Waals surface area (Å²) in [4.78, 5) is 0. The molecule has 0 aromatic heterocycles. The van der Waals surface area contributed by atoms with Crippen molar-refractivity contribution in [1.82, 2.24) is 0 Å². The molecular formula is C6H13N3. The molecule has 1 aliphatic rings. The molecule has 1 rings (SSSR count). The lowest BCUT2D eigenvalue weighted by atomic mass is 10.3. The lowest BCUT2D eigenvalue weighted by Gasteiger charge is -1.88. The Hall–Kier alpha value is -0.730. The summed E-state index contributed by atoms with van der Waals surface area (Å²) >= 11 is 0. The highest BCUT2D eigenvalue weighted by molar-refractivity contribution is 5.65. The summed E-state index contributed by atoms with van der Waals surface area (Å²) < 4.78 is 0. The maximum Gasteiger partial charge on any atom is 0.110 e. The first-order valence-electron chi connectivity index (χ1n) is 3.37. The van der Waals surface area contributed by atoms with Crippen LogP contribution in [0, 0.1) is 0 Å². The Morgan fingerprint density at radius 2 is 2.11 bits per heavy atom. The Morgan fingerprint density at radius 3 is 2.33 bits per heavy atom. The molecule has 3 heteroatoms. The number of hydrogen-bond donors (Lipinski definition) is 0. The van der Waals surface area contributed by atoms with Gasteiger partial charge in [-0.3, -0.25) is 0 Å². The molecule has 52 valence electrons. The fraction of sp³-hybridized carbons (Fsp3) is 0.833. The van der Waals surface area contributed by atoms with Crippen LogP contribution in [-0.2, 0) is 0 Å². The van der Waals surface area contributed by atoms with E-state index in [1.165, 1.54) is 0 Å². The van der Waals surface area contributed by atoms with Crippen LogP contribution in [0.25, 0.3) is 0 Å². The van der Waals surface area contributed by atoms with Gasteiger partial charge in [-0.25, -0.2) is 0 Å². The van der Waals surface area contributed by atoms with Crippen LogP contribution < -0.4 is 0 Å².